The number of amides is 1. The highest BCUT2D eigenvalue weighted by Crippen LogP contribution is 2.36. The molecule has 194 valence electrons. The van der Waals surface area contributed by atoms with Crippen LogP contribution in [0.1, 0.15) is 56.7 Å². The van der Waals surface area contributed by atoms with Gasteiger partial charge in [0.15, 0.2) is 0 Å². The summed E-state index contributed by atoms with van der Waals surface area (Å²) in [5.74, 6) is 0.716. The van der Waals surface area contributed by atoms with Crippen LogP contribution < -0.4 is 10.1 Å². The van der Waals surface area contributed by atoms with Crippen LogP contribution in [0.3, 0.4) is 0 Å². The number of carbonyl (C=O) groups excluding carboxylic acids is 1. The second-order valence-corrected chi connectivity index (χ2v) is 11.1. The van der Waals surface area contributed by atoms with E-state index in [4.69, 9.17) is 4.74 Å². The number of aromatic nitrogens is 1. The summed E-state index contributed by atoms with van der Waals surface area (Å²) in [5, 5.41) is 13.7. The van der Waals surface area contributed by atoms with E-state index in [1.54, 1.807) is 11.3 Å². The largest absolute Gasteiger partial charge is 0.490 e. The van der Waals surface area contributed by atoms with Crippen molar-refractivity contribution in [2.75, 3.05) is 19.6 Å². The summed E-state index contributed by atoms with van der Waals surface area (Å²) in [6.45, 7) is 10.7. The minimum atomic E-state index is 0.00488. The van der Waals surface area contributed by atoms with Gasteiger partial charge in [-0.3, -0.25) is 9.69 Å². The topological polar surface area (TPSA) is 78.2 Å². The Morgan fingerprint density at radius 2 is 2.00 bits per heavy atom. The molecule has 2 heterocycles. The number of nitrogens with one attached hydrogen (secondary N) is 1. The van der Waals surface area contributed by atoms with Crippen molar-refractivity contribution in [2.24, 2.45) is 0 Å². The number of likely N-dealkylation sites (tertiary alicyclic amines) is 1. The van der Waals surface area contributed by atoms with Crippen LogP contribution in [-0.4, -0.2) is 47.6 Å². The molecule has 0 aliphatic carbocycles. The molecule has 0 radical (unpaired) electrons. The van der Waals surface area contributed by atoms with Gasteiger partial charge in [0.05, 0.1) is 23.1 Å². The highest BCUT2D eigenvalue weighted by Gasteiger charge is 2.18. The zero-order valence-corrected chi connectivity index (χ0v) is 23.0. The maximum absolute atomic E-state index is 12.4. The molecule has 1 aliphatic heterocycles. The van der Waals surface area contributed by atoms with Crippen molar-refractivity contribution in [3.8, 4) is 32.8 Å². The van der Waals surface area contributed by atoms with Gasteiger partial charge in [-0.1, -0.05) is 18.2 Å². The fourth-order valence-corrected chi connectivity index (χ4v) is 5.77. The fourth-order valence-electron chi connectivity index (χ4n) is 4.80. The van der Waals surface area contributed by atoms with E-state index in [1.807, 2.05) is 38.2 Å². The van der Waals surface area contributed by atoms with E-state index < -0.39 is 0 Å². The van der Waals surface area contributed by atoms with E-state index in [-0.39, 0.29) is 18.1 Å². The van der Waals surface area contributed by atoms with Crippen LogP contribution in [0.5, 0.6) is 5.75 Å². The van der Waals surface area contributed by atoms with Gasteiger partial charge in [0, 0.05) is 17.8 Å². The average molecular weight is 517 g/mol. The van der Waals surface area contributed by atoms with E-state index in [0.717, 1.165) is 41.4 Å². The Balaban J connectivity index is 1.47. The quantitative estimate of drug-likeness (QED) is 0.359. The van der Waals surface area contributed by atoms with Crippen LogP contribution >= 0.6 is 11.3 Å². The first kappa shape index (κ1) is 26.8. The molecule has 1 saturated heterocycles. The zero-order chi connectivity index (χ0) is 26.4. The van der Waals surface area contributed by atoms with E-state index in [1.165, 1.54) is 29.5 Å². The molecule has 6 nitrogen and oxygen atoms in total. The Kier molecular flexibility index (Phi) is 8.96. The van der Waals surface area contributed by atoms with Gasteiger partial charge in [-0.25, -0.2) is 4.98 Å². The van der Waals surface area contributed by atoms with Gasteiger partial charge in [0.1, 0.15) is 16.8 Å². The van der Waals surface area contributed by atoms with Crippen molar-refractivity contribution in [3.05, 3.63) is 59.3 Å². The monoisotopic (exact) mass is 516 g/mol. The summed E-state index contributed by atoms with van der Waals surface area (Å²) in [6, 6.07) is 14.4. The molecule has 0 bridgehead atoms. The van der Waals surface area contributed by atoms with E-state index >= 15 is 0 Å². The van der Waals surface area contributed by atoms with Crippen LogP contribution in [0.4, 0.5) is 0 Å². The molecule has 1 fully saturated rings. The molecule has 37 heavy (non-hydrogen) atoms. The molecule has 1 aromatic heterocycles. The number of thiazole rings is 1. The molecule has 0 spiro atoms. The lowest BCUT2D eigenvalue weighted by atomic mass is 9.95. The number of nitrogens with zero attached hydrogens (tertiary/aromatic N) is 3. The Bertz CT molecular complexity index is 1270. The third-order valence-electron chi connectivity index (χ3n) is 6.69. The molecule has 1 atom stereocenters. The molecule has 4 rings (SSSR count). The number of ether oxygens (including phenoxy) is 1. The van der Waals surface area contributed by atoms with E-state index in [0.29, 0.717) is 17.9 Å². The lowest BCUT2D eigenvalue weighted by molar-refractivity contribution is -0.122. The maximum Gasteiger partial charge on any atom is 0.234 e. The number of benzene rings is 2. The Morgan fingerprint density at radius 1 is 1.22 bits per heavy atom. The molecule has 1 amide bonds. The second-order valence-electron chi connectivity index (χ2n) is 10.1. The summed E-state index contributed by atoms with van der Waals surface area (Å²) < 4.78 is 5.77. The number of carbonyl (C=O) groups is 1. The molecule has 1 N–H and O–H groups in total. The van der Waals surface area contributed by atoms with E-state index in [9.17, 15) is 10.1 Å². The molecule has 1 aliphatic rings. The lowest BCUT2D eigenvalue weighted by Gasteiger charge is -2.19. The number of hydrogen-bond donors (Lipinski definition) is 1. The molecule has 2 aromatic carbocycles. The van der Waals surface area contributed by atoms with Gasteiger partial charge in [-0.05, 0) is 101 Å². The van der Waals surface area contributed by atoms with Gasteiger partial charge >= 0.3 is 0 Å². The van der Waals surface area contributed by atoms with Gasteiger partial charge in [-0.15, -0.1) is 11.3 Å². The minimum absolute atomic E-state index is 0.00488. The zero-order valence-electron chi connectivity index (χ0n) is 22.2. The first-order chi connectivity index (χ1) is 17.8. The highest BCUT2D eigenvalue weighted by atomic mass is 32.1. The van der Waals surface area contributed by atoms with Gasteiger partial charge in [-0.2, -0.15) is 5.26 Å². The average Bonchev–Trinajstić information content (AvgIpc) is 3.55. The first-order valence-corrected chi connectivity index (χ1v) is 13.9. The number of aryl methyl sites for hydroxylation is 1. The SMILES string of the molecule is Cc1cccc(-c2cnc(-c3ccc(OC(C)C)c(C#N)c3)s2)c1CCC(C)NC(=O)CN1CCCC1. The Labute approximate surface area is 224 Å². The molecular formula is C30H36N4O2S. The van der Waals surface area contributed by atoms with Crippen LogP contribution in [0.25, 0.3) is 21.0 Å². The predicted molar refractivity (Wildman–Crippen MR) is 150 cm³/mol. The van der Waals surface area contributed by atoms with Crippen LogP contribution in [0.15, 0.2) is 42.6 Å². The van der Waals surface area contributed by atoms with Crippen molar-refractivity contribution in [3.63, 3.8) is 0 Å². The summed E-state index contributed by atoms with van der Waals surface area (Å²) in [5.41, 5.74) is 5.13. The van der Waals surface area contributed by atoms with Crippen molar-refractivity contribution >= 4 is 17.2 Å². The number of hydrogen-bond acceptors (Lipinski definition) is 6. The van der Waals surface area contributed by atoms with Crippen LogP contribution in [-0.2, 0) is 11.2 Å². The first-order valence-electron chi connectivity index (χ1n) is 13.1. The summed E-state index contributed by atoms with van der Waals surface area (Å²) in [4.78, 5) is 20.5. The number of nitriles is 1. The highest BCUT2D eigenvalue weighted by molar-refractivity contribution is 7.18. The summed E-state index contributed by atoms with van der Waals surface area (Å²) in [7, 11) is 0. The third-order valence-corrected chi connectivity index (χ3v) is 7.77. The standard InChI is InChI=1S/C30H36N4O2S/c1-20(2)36-27-13-11-23(16-24(27)17-31)30-32-18-28(37-30)26-9-7-8-21(3)25(26)12-10-22(4)33-29(35)19-34-14-5-6-15-34/h7-9,11,13,16,18,20,22H,5-6,10,12,14-15,19H2,1-4H3,(H,33,35). The summed E-state index contributed by atoms with van der Waals surface area (Å²) >= 11 is 1.63. The Hall–Kier alpha value is -3.21. The number of rotatable bonds is 10. The molecule has 1 unspecified atom stereocenters. The summed E-state index contributed by atoms with van der Waals surface area (Å²) in [6.07, 6.45) is 6.05. The molecule has 0 saturated carbocycles. The normalized spacial score (nSPS) is 14.5. The van der Waals surface area contributed by atoms with Crippen molar-refractivity contribution in [1.82, 2.24) is 15.2 Å². The maximum atomic E-state index is 12.4. The Morgan fingerprint density at radius 3 is 2.73 bits per heavy atom. The van der Waals surface area contributed by atoms with Gasteiger partial charge in [0.25, 0.3) is 0 Å². The van der Waals surface area contributed by atoms with Gasteiger partial charge in [0.2, 0.25) is 5.91 Å². The van der Waals surface area contributed by atoms with E-state index in [2.05, 4.69) is 53.3 Å². The van der Waals surface area contributed by atoms with Crippen molar-refractivity contribution in [1.29, 1.82) is 5.26 Å². The van der Waals surface area contributed by atoms with Crippen molar-refractivity contribution in [2.45, 2.75) is 65.5 Å². The molecular weight excluding hydrogens is 480 g/mol. The predicted octanol–water partition coefficient (Wildman–Crippen LogP) is 5.98. The third kappa shape index (κ3) is 6.97. The van der Waals surface area contributed by atoms with Crippen molar-refractivity contribution < 1.29 is 9.53 Å². The van der Waals surface area contributed by atoms with Crippen LogP contribution in [0.2, 0.25) is 0 Å². The van der Waals surface area contributed by atoms with Gasteiger partial charge < -0.3 is 10.1 Å². The lowest BCUT2D eigenvalue weighted by Crippen LogP contribution is -2.40. The second kappa shape index (κ2) is 12.4. The smallest absolute Gasteiger partial charge is 0.234 e. The molecule has 7 heteroatoms. The van der Waals surface area contributed by atoms with Crippen LogP contribution in [0, 0.1) is 18.3 Å². The molecule has 3 aromatic rings. The fraction of sp³-hybridized carbons (Fsp3) is 0.433. The minimum Gasteiger partial charge on any atom is -0.490 e.